The molecule has 19 heavy (non-hydrogen) atoms. The Labute approximate surface area is 116 Å². The van der Waals surface area contributed by atoms with E-state index in [4.69, 9.17) is 14.5 Å². The molecule has 3 heteroatoms. The van der Waals surface area contributed by atoms with Crippen LogP contribution in [-0.4, -0.2) is 26.5 Å². The second-order valence-corrected chi connectivity index (χ2v) is 5.34. The second kappa shape index (κ2) is 7.17. The third-order valence-corrected chi connectivity index (χ3v) is 3.19. The zero-order chi connectivity index (χ0) is 14.4. The molecule has 0 fully saturated rings. The lowest BCUT2D eigenvalue weighted by atomic mass is 9.94. The molecule has 3 nitrogen and oxygen atoms in total. The number of rotatable bonds is 6. The van der Waals surface area contributed by atoms with E-state index in [1.54, 1.807) is 14.2 Å². The summed E-state index contributed by atoms with van der Waals surface area (Å²) >= 11 is 0. The Bertz CT molecular complexity index is 417. The lowest BCUT2D eigenvalue weighted by Crippen LogP contribution is -2.20. The average Bonchev–Trinajstić information content (AvgIpc) is 2.37. The molecule has 0 spiro atoms. The van der Waals surface area contributed by atoms with Crippen LogP contribution >= 0.6 is 0 Å². The monoisotopic (exact) mass is 263 g/mol. The van der Waals surface area contributed by atoms with E-state index >= 15 is 0 Å². The van der Waals surface area contributed by atoms with Gasteiger partial charge in [-0.3, -0.25) is 4.99 Å². The Balaban J connectivity index is 3.04. The maximum absolute atomic E-state index is 5.40. The van der Waals surface area contributed by atoms with E-state index in [1.165, 1.54) is 0 Å². The molecule has 0 bridgehead atoms. The summed E-state index contributed by atoms with van der Waals surface area (Å²) in [7, 11) is 3.29. The predicted octanol–water partition coefficient (Wildman–Crippen LogP) is 3.80. The highest BCUT2D eigenvalue weighted by Crippen LogP contribution is 2.29. The van der Waals surface area contributed by atoms with Gasteiger partial charge >= 0.3 is 0 Å². The van der Waals surface area contributed by atoms with Crippen LogP contribution in [-0.2, 0) is 0 Å². The smallest absolute Gasteiger partial charge is 0.169 e. The van der Waals surface area contributed by atoms with Crippen LogP contribution in [0, 0.1) is 11.8 Å². The van der Waals surface area contributed by atoms with Crippen molar-refractivity contribution in [3.8, 4) is 11.5 Å². The Morgan fingerprint density at radius 3 is 2.11 bits per heavy atom. The van der Waals surface area contributed by atoms with E-state index in [-0.39, 0.29) is 0 Å². The van der Waals surface area contributed by atoms with Gasteiger partial charge in [0.25, 0.3) is 0 Å². The molecule has 0 radical (unpaired) electrons. The standard InChI is InChI=1S/C16H25NO2/c1-11(2)15(12(3)4)17-10-13-8-7-9-14(18-5)16(13)19-6/h7-12,15H,1-6H3. The van der Waals surface area contributed by atoms with Crippen molar-refractivity contribution in [3.63, 3.8) is 0 Å². The zero-order valence-corrected chi connectivity index (χ0v) is 12.8. The van der Waals surface area contributed by atoms with E-state index in [0.29, 0.717) is 17.9 Å². The highest BCUT2D eigenvalue weighted by molar-refractivity contribution is 5.85. The molecule has 0 saturated carbocycles. The summed E-state index contributed by atoms with van der Waals surface area (Å²) in [5.41, 5.74) is 0.952. The molecular formula is C16H25NO2. The first-order valence-electron chi connectivity index (χ1n) is 6.75. The molecule has 0 aliphatic rings. The Kier molecular flexibility index (Phi) is 5.87. The van der Waals surface area contributed by atoms with Gasteiger partial charge in [-0.2, -0.15) is 0 Å². The summed E-state index contributed by atoms with van der Waals surface area (Å²) in [6.45, 7) is 8.80. The van der Waals surface area contributed by atoms with E-state index < -0.39 is 0 Å². The number of hydrogen-bond acceptors (Lipinski definition) is 3. The molecule has 1 rings (SSSR count). The first kappa shape index (κ1) is 15.5. The van der Waals surface area contributed by atoms with E-state index in [9.17, 15) is 0 Å². The molecule has 1 aromatic carbocycles. The highest BCUT2D eigenvalue weighted by atomic mass is 16.5. The Hall–Kier alpha value is -1.51. The molecule has 0 aliphatic carbocycles. The second-order valence-electron chi connectivity index (χ2n) is 5.34. The molecule has 0 heterocycles. The highest BCUT2D eigenvalue weighted by Gasteiger charge is 2.16. The van der Waals surface area contributed by atoms with Gasteiger partial charge in [-0.25, -0.2) is 0 Å². The zero-order valence-electron chi connectivity index (χ0n) is 12.8. The van der Waals surface area contributed by atoms with Gasteiger partial charge in [0.05, 0.1) is 20.3 Å². The van der Waals surface area contributed by atoms with Crippen molar-refractivity contribution in [1.82, 2.24) is 0 Å². The maximum Gasteiger partial charge on any atom is 0.169 e. The number of ether oxygens (including phenoxy) is 2. The van der Waals surface area contributed by atoms with Gasteiger partial charge in [0.1, 0.15) is 0 Å². The van der Waals surface area contributed by atoms with Crippen LogP contribution < -0.4 is 9.47 Å². The van der Waals surface area contributed by atoms with Crippen LogP contribution in [0.2, 0.25) is 0 Å². The van der Waals surface area contributed by atoms with E-state index in [0.717, 1.165) is 17.1 Å². The third kappa shape index (κ3) is 3.98. The van der Waals surface area contributed by atoms with Crippen LogP contribution in [0.4, 0.5) is 0 Å². The third-order valence-electron chi connectivity index (χ3n) is 3.19. The molecule has 1 aromatic rings. The Morgan fingerprint density at radius 1 is 1.00 bits per heavy atom. The topological polar surface area (TPSA) is 30.8 Å². The van der Waals surface area contributed by atoms with Gasteiger partial charge in [-0.05, 0) is 24.0 Å². The van der Waals surface area contributed by atoms with Gasteiger partial charge in [0.2, 0.25) is 0 Å². The molecule has 106 valence electrons. The lowest BCUT2D eigenvalue weighted by molar-refractivity contribution is 0.354. The molecule has 0 aromatic heterocycles. The lowest BCUT2D eigenvalue weighted by Gasteiger charge is -2.20. The van der Waals surface area contributed by atoms with Crippen molar-refractivity contribution in [2.45, 2.75) is 33.7 Å². The summed E-state index contributed by atoms with van der Waals surface area (Å²) in [6, 6.07) is 6.14. The molecule has 0 aliphatic heterocycles. The van der Waals surface area contributed by atoms with E-state index in [1.807, 2.05) is 24.4 Å². The number of para-hydroxylation sites is 1. The first-order valence-corrected chi connectivity index (χ1v) is 6.75. The summed E-state index contributed by atoms with van der Waals surface area (Å²) in [4.78, 5) is 4.72. The molecule has 0 saturated heterocycles. The minimum Gasteiger partial charge on any atom is -0.493 e. The molecule has 0 N–H and O–H groups in total. The predicted molar refractivity (Wildman–Crippen MR) is 80.6 cm³/mol. The fourth-order valence-electron chi connectivity index (χ4n) is 2.29. The number of methoxy groups -OCH3 is 2. The van der Waals surface area contributed by atoms with Crippen LogP contribution in [0.15, 0.2) is 23.2 Å². The maximum atomic E-state index is 5.40. The van der Waals surface area contributed by atoms with Gasteiger partial charge in [0.15, 0.2) is 11.5 Å². The van der Waals surface area contributed by atoms with Crippen LogP contribution in [0.1, 0.15) is 33.3 Å². The number of nitrogens with zero attached hydrogens (tertiary/aromatic N) is 1. The van der Waals surface area contributed by atoms with Crippen molar-refractivity contribution in [2.75, 3.05) is 14.2 Å². The van der Waals surface area contributed by atoms with Crippen LogP contribution in [0.25, 0.3) is 0 Å². The van der Waals surface area contributed by atoms with Crippen molar-refractivity contribution in [3.05, 3.63) is 23.8 Å². The number of hydrogen-bond donors (Lipinski definition) is 0. The minimum absolute atomic E-state index is 0.316. The van der Waals surface area contributed by atoms with Crippen molar-refractivity contribution >= 4 is 6.21 Å². The molecular weight excluding hydrogens is 238 g/mol. The van der Waals surface area contributed by atoms with Gasteiger partial charge in [-0.1, -0.05) is 33.8 Å². The normalized spacial score (nSPS) is 11.8. The van der Waals surface area contributed by atoms with E-state index in [2.05, 4.69) is 27.7 Å². The average molecular weight is 263 g/mol. The summed E-state index contributed by atoms with van der Waals surface area (Å²) in [5, 5.41) is 0. The quantitative estimate of drug-likeness (QED) is 0.731. The number of aliphatic imine (C=N–C) groups is 1. The summed E-state index contributed by atoms with van der Waals surface area (Å²) < 4.78 is 10.7. The van der Waals surface area contributed by atoms with Gasteiger partial charge in [-0.15, -0.1) is 0 Å². The summed E-state index contributed by atoms with van der Waals surface area (Å²) in [6.07, 6.45) is 1.89. The molecule has 0 amide bonds. The van der Waals surface area contributed by atoms with Crippen molar-refractivity contribution in [2.24, 2.45) is 16.8 Å². The number of benzene rings is 1. The van der Waals surface area contributed by atoms with Gasteiger partial charge < -0.3 is 9.47 Å². The molecule has 0 atom stereocenters. The fourth-order valence-corrected chi connectivity index (χ4v) is 2.29. The first-order chi connectivity index (χ1) is 9.01. The fraction of sp³-hybridized carbons (Fsp3) is 0.562. The minimum atomic E-state index is 0.316. The van der Waals surface area contributed by atoms with Gasteiger partial charge in [0, 0.05) is 11.8 Å². The van der Waals surface area contributed by atoms with Crippen LogP contribution in [0.3, 0.4) is 0 Å². The summed E-state index contributed by atoms with van der Waals surface area (Å²) in [5.74, 6) is 2.51. The molecule has 0 unspecified atom stereocenters. The van der Waals surface area contributed by atoms with Crippen molar-refractivity contribution in [1.29, 1.82) is 0 Å². The SMILES string of the molecule is COc1cccc(C=NC(C(C)C)C(C)C)c1OC. The Morgan fingerprint density at radius 2 is 1.63 bits per heavy atom. The van der Waals surface area contributed by atoms with Crippen LogP contribution in [0.5, 0.6) is 11.5 Å². The largest absolute Gasteiger partial charge is 0.493 e. The van der Waals surface area contributed by atoms with Crippen molar-refractivity contribution < 1.29 is 9.47 Å².